The molecular formula is C16H11N3O6. The van der Waals surface area contributed by atoms with E-state index in [2.05, 4.69) is 10.5 Å². The van der Waals surface area contributed by atoms with Gasteiger partial charge in [0.25, 0.3) is 11.6 Å². The van der Waals surface area contributed by atoms with Crippen LogP contribution in [0.1, 0.15) is 16.1 Å². The number of aromatic hydroxyl groups is 2. The van der Waals surface area contributed by atoms with Crippen molar-refractivity contribution >= 4 is 28.8 Å². The van der Waals surface area contributed by atoms with Crippen molar-refractivity contribution in [1.29, 1.82) is 0 Å². The average molecular weight is 341 g/mol. The predicted molar refractivity (Wildman–Crippen MR) is 87.7 cm³/mol. The lowest BCUT2D eigenvalue weighted by Gasteiger charge is -2.01. The fourth-order valence-corrected chi connectivity index (χ4v) is 2.17. The minimum atomic E-state index is -0.652. The number of nitrogens with zero attached hydrogens (tertiary/aromatic N) is 2. The normalized spacial score (nSPS) is 11.0. The molecule has 0 saturated carbocycles. The summed E-state index contributed by atoms with van der Waals surface area (Å²) in [4.78, 5) is 22.1. The number of furan rings is 1. The number of amides is 1. The molecule has 0 unspecified atom stereocenters. The molecule has 0 fully saturated rings. The number of nitro groups is 1. The van der Waals surface area contributed by atoms with Gasteiger partial charge in [0, 0.05) is 12.1 Å². The predicted octanol–water partition coefficient (Wildman–Crippen LogP) is 2.52. The topological polar surface area (TPSA) is 138 Å². The highest BCUT2D eigenvalue weighted by Crippen LogP contribution is 2.33. The smallest absolute Gasteiger partial charge is 0.275 e. The monoisotopic (exact) mass is 341 g/mol. The maximum Gasteiger partial charge on any atom is 0.275 e. The Balaban J connectivity index is 1.82. The lowest BCUT2D eigenvalue weighted by molar-refractivity contribution is -0.384. The van der Waals surface area contributed by atoms with Crippen LogP contribution in [0.25, 0.3) is 11.0 Å². The van der Waals surface area contributed by atoms with Crippen LogP contribution in [0.2, 0.25) is 0 Å². The Hall–Kier alpha value is -3.88. The molecule has 0 bridgehead atoms. The van der Waals surface area contributed by atoms with Crippen LogP contribution in [0, 0.1) is 10.1 Å². The van der Waals surface area contributed by atoms with E-state index in [4.69, 9.17) is 4.42 Å². The summed E-state index contributed by atoms with van der Waals surface area (Å²) in [6.07, 6.45) is 1.05. The van der Waals surface area contributed by atoms with Crippen molar-refractivity contribution in [3.63, 3.8) is 0 Å². The maximum absolute atomic E-state index is 11.9. The van der Waals surface area contributed by atoms with Crippen LogP contribution in [-0.2, 0) is 0 Å². The molecule has 0 atom stereocenters. The molecule has 0 aliphatic heterocycles. The van der Waals surface area contributed by atoms with E-state index in [-0.39, 0.29) is 39.5 Å². The highest BCUT2D eigenvalue weighted by molar-refractivity contribution is 5.98. The van der Waals surface area contributed by atoms with E-state index in [1.807, 2.05) is 0 Å². The fraction of sp³-hybridized carbons (Fsp3) is 0. The zero-order valence-corrected chi connectivity index (χ0v) is 12.5. The molecule has 3 N–H and O–H groups in total. The summed E-state index contributed by atoms with van der Waals surface area (Å²) in [5.74, 6) is -1.26. The zero-order chi connectivity index (χ0) is 18.0. The summed E-state index contributed by atoms with van der Waals surface area (Å²) in [5, 5.41) is 34.2. The Labute approximate surface area is 140 Å². The number of phenols is 1. The van der Waals surface area contributed by atoms with Crippen LogP contribution in [0.5, 0.6) is 11.5 Å². The summed E-state index contributed by atoms with van der Waals surface area (Å²) in [5.41, 5.74) is 2.25. The first-order valence-corrected chi connectivity index (χ1v) is 6.98. The first kappa shape index (κ1) is 16.0. The number of benzene rings is 2. The van der Waals surface area contributed by atoms with Gasteiger partial charge < -0.3 is 14.6 Å². The van der Waals surface area contributed by atoms with Gasteiger partial charge in [0.15, 0.2) is 11.5 Å². The third-order valence-corrected chi connectivity index (χ3v) is 3.38. The molecular weight excluding hydrogens is 330 g/mol. The molecule has 0 spiro atoms. The van der Waals surface area contributed by atoms with E-state index >= 15 is 0 Å². The van der Waals surface area contributed by atoms with E-state index < -0.39 is 10.8 Å². The number of non-ortho nitro benzene ring substituents is 1. The van der Waals surface area contributed by atoms with Gasteiger partial charge >= 0.3 is 0 Å². The third kappa shape index (κ3) is 3.11. The molecule has 0 saturated heterocycles. The highest BCUT2D eigenvalue weighted by Gasteiger charge is 2.16. The molecule has 3 rings (SSSR count). The summed E-state index contributed by atoms with van der Waals surface area (Å²) < 4.78 is 5.32. The summed E-state index contributed by atoms with van der Waals surface area (Å²) in [6.45, 7) is 0. The summed E-state index contributed by atoms with van der Waals surface area (Å²) in [6, 6.07) is 9.69. The number of hydrazone groups is 1. The van der Waals surface area contributed by atoms with Gasteiger partial charge in [0.2, 0.25) is 0 Å². The SMILES string of the molecule is O=C(NN=Cc1oc2ccc([N+](=O)[O-])cc2c1O)c1ccccc1O. The largest absolute Gasteiger partial charge is 0.507 e. The summed E-state index contributed by atoms with van der Waals surface area (Å²) in [7, 11) is 0. The van der Waals surface area contributed by atoms with Crippen molar-refractivity contribution in [2.24, 2.45) is 5.10 Å². The first-order chi connectivity index (χ1) is 12.0. The molecule has 0 aliphatic rings. The van der Waals surface area contributed by atoms with Gasteiger partial charge in [-0.05, 0) is 18.2 Å². The van der Waals surface area contributed by atoms with Gasteiger partial charge in [-0.1, -0.05) is 12.1 Å². The molecule has 0 radical (unpaired) electrons. The van der Waals surface area contributed by atoms with Gasteiger partial charge in [0.05, 0.1) is 22.1 Å². The second-order valence-corrected chi connectivity index (χ2v) is 4.97. The van der Waals surface area contributed by atoms with Gasteiger partial charge in [-0.25, -0.2) is 5.43 Å². The quantitative estimate of drug-likeness (QED) is 0.378. The maximum atomic E-state index is 11.9. The molecule has 1 heterocycles. The lowest BCUT2D eigenvalue weighted by Crippen LogP contribution is -2.17. The van der Waals surface area contributed by atoms with Gasteiger partial charge in [-0.15, -0.1) is 0 Å². The first-order valence-electron chi connectivity index (χ1n) is 6.98. The number of nitro benzene ring substituents is 1. The number of rotatable bonds is 4. The van der Waals surface area contributed by atoms with Crippen LogP contribution in [0.3, 0.4) is 0 Å². The number of carbonyl (C=O) groups excluding carboxylic acids is 1. The number of para-hydroxylation sites is 1. The minimum absolute atomic E-state index is 0.0316. The van der Waals surface area contributed by atoms with Crippen molar-refractivity contribution < 1.29 is 24.3 Å². The van der Waals surface area contributed by atoms with E-state index in [9.17, 15) is 25.1 Å². The van der Waals surface area contributed by atoms with Crippen molar-refractivity contribution in [2.45, 2.75) is 0 Å². The number of carbonyl (C=O) groups is 1. The third-order valence-electron chi connectivity index (χ3n) is 3.38. The number of fused-ring (bicyclic) bond motifs is 1. The van der Waals surface area contributed by atoms with E-state index in [1.165, 1.54) is 30.3 Å². The molecule has 1 aromatic heterocycles. The molecule has 0 aliphatic carbocycles. The molecule has 1 amide bonds. The Kier molecular flexibility index (Phi) is 4.04. The van der Waals surface area contributed by atoms with Crippen LogP contribution in [-0.4, -0.2) is 27.3 Å². The second-order valence-electron chi connectivity index (χ2n) is 4.97. The molecule has 3 aromatic rings. The van der Waals surface area contributed by atoms with Crippen molar-refractivity contribution in [1.82, 2.24) is 5.43 Å². The number of phenolic OH excluding ortho intramolecular Hbond substituents is 1. The Morgan fingerprint density at radius 3 is 2.72 bits per heavy atom. The molecule has 2 aromatic carbocycles. The van der Waals surface area contributed by atoms with E-state index in [0.29, 0.717) is 0 Å². The number of hydrogen-bond acceptors (Lipinski definition) is 7. The van der Waals surface area contributed by atoms with Gasteiger partial charge in [-0.2, -0.15) is 5.10 Å². The van der Waals surface area contributed by atoms with Crippen LogP contribution in [0.15, 0.2) is 52.0 Å². The molecule has 126 valence electrons. The standard InChI is InChI=1S/C16H11N3O6/c20-12-4-2-1-3-10(12)16(22)18-17-8-14-15(21)11-7-9(19(23)24)5-6-13(11)25-14/h1-8,20-21H,(H,18,22). The van der Waals surface area contributed by atoms with Gasteiger partial charge in [0.1, 0.15) is 11.3 Å². The number of hydrogen-bond donors (Lipinski definition) is 3. The highest BCUT2D eigenvalue weighted by atomic mass is 16.6. The summed E-state index contributed by atoms with van der Waals surface area (Å²) >= 11 is 0. The Bertz CT molecular complexity index is 1010. The minimum Gasteiger partial charge on any atom is -0.507 e. The van der Waals surface area contributed by atoms with Crippen molar-refractivity contribution in [2.75, 3.05) is 0 Å². The van der Waals surface area contributed by atoms with E-state index in [1.54, 1.807) is 12.1 Å². The average Bonchev–Trinajstić information content (AvgIpc) is 2.91. The Morgan fingerprint density at radius 2 is 2.00 bits per heavy atom. The molecule has 9 heteroatoms. The van der Waals surface area contributed by atoms with Crippen LogP contribution >= 0.6 is 0 Å². The van der Waals surface area contributed by atoms with Crippen LogP contribution < -0.4 is 5.43 Å². The number of nitrogens with one attached hydrogen (secondary N) is 1. The molecule has 9 nitrogen and oxygen atoms in total. The Morgan fingerprint density at radius 1 is 1.24 bits per heavy atom. The van der Waals surface area contributed by atoms with E-state index in [0.717, 1.165) is 6.21 Å². The fourth-order valence-electron chi connectivity index (χ4n) is 2.17. The van der Waals surface area contributed by atoms with Gasteiger partial charge in [-0.3, -0.25) is 14.9 Å². The van der Waals surface area contributed by atoms with Crippen molar-refractivity contribution in [3.8, 4) is 11.5 Å². The molecule has 25 heavy (non-hydrogen) atoms. The lowest BCUT2D eigenvalue weighted by atomic mass is 10.2. The second kappa shape index (κ2) is 6.32. The van der Waals surface area contributed by atoms with Crippen LogP contribution in [0.4, 0.5) is 5.69 Å². The van der Waals surface area contributed by atoms with Crippen molar-refractivity contribution in [3.05, 3.63) is 63.9 Å². The zero-order valence-electron chi connectivity index (χ0n) is 12.5.